The second-order valence-electron chi connectivity index (χ2n) is 7.07. The number of piperazine rings is 1. The van der Waals surface area contributed by atoms with Crippen LogP contribution in [-0.4, -0.2) is 60.1 Å². The summed E-state index contributed by atoms with van der Waals surface area (Å²) in [5, 5.41) is 12.4. The van der Waals surface area contributed by atoms with Gasteiger partial charge in [-0.2, -0.15) is 0 Å². The molecule has 1 aromatic heterocycles. The van der Waals surface area contributed by atoms with Crippen LogP contribution in [0.3, 0.4) is 0 Å². The molecule has 7 nitrogen and oxygen atoms in total. The van der Waals surface area contributed by atoms with Gasteiger partial charge >= 0.3 is 0 Å². The number of unbranched alkanes of at least 4 members (excludes halogenated alkanes) is 1. The largest absolute Gasteiger partial charge is 0.383 e. The summed E-state index contributed by atoms with van der Waals surface area (Å²) < 4.78 is 20.3. The number of anilines is 1. The maximum absolute atomic E-state index is 13.2. The standard InChI is InChI=1S/C19H29FN6O/c1-3-4-5-18(19-21-22-23-26(19)14-15-27-2)25-12-10-24(11-13-25)17-8-6-16(20)7-9-17/h6-9,18H,3-5,10-15H2,1-2H3/p+1/t18-/m0/s1. The average molecular weight is 377 g/mol. The molecule has 0 spiro atoms. The minimum atomic E-state index is -0.189. The zero-order valence-electron chi connectivity index (χ0n) is 16.3. The summed E-state index contributed by atoms with van der Waals surface area (Å²) in [6.45, 7) is 7.42. The Hall–Kier alpha value is -2.06. The molecule has 1 aliphatic rings. The van der Waals surface area contributed by atoms with E-state index in [1.54, 1.807) is 7.11 Å². The van der Waals surface area contributed by atoms with Gasteiger partial charge in [-0.15, -0.1) is 5.10 Å². The van der Waals surface area contributed by atoms with Crippen LogP contribution in [-0.2, 0) is 11.3 Å². The fraction of sp³-hybridized carbons (Fsp3) is 0.632. The Morgan fingerprint density at radius 2 is 1.96 bits per heavy atom. The fourth-order valence-electron chi connectivity index (χ4n) is 3.77. The molecule has 27 heavy (non-hydrogen) atoms. The van der Waals surface area contributed by atoms with Crippen molar-refractivity contribution in [3.05, 3.63) is 35.9 Å². The van der Waals surface area contributed by atoms with Crippen LogP contribution in [0, 0.1) is 5.82 Å². The number of rotatable bonds is 9. The Morgan fingerprint density at radius 1 is 1.22 bits per heavy atom. The van der Waals surface area contributed by atoms with Crippen molar-refractivity contribution in [2.24, 2.45) is 0 Å². The minimum absolute atomic E-state index is 0.189. The zero-order chi connectivity index (χ0) is 19.1. The van der Waals surface area contributed by atoms with E-state index < -0.39 is 0 Å². The highest BCUT2D eigenvalue weighted by Crippen LogP contribution is 2.17. The van der Waals surface area contributed by atoms with Crippen molar-refractivity contribution in [1.82, 2.24) is 20.2 Å². The van der Waals surface area contributed by atoms with Gasteiger partial charge in [0.15, 0.2) is 0 Å². The van der Waals surface area contributed by atoms with Gasteiger partial charge < -0.3 is 14.5 Å². The Balaban J connectivity index is 1.68. The molecule has 0 unspecified atom stereocenters. The predicted molar refractivity (Wildman–Crippen MR) is 101 cm³/mol. The van der Waals surface area contributed by atoms with E-state index in [9.17, 15) is 4.39 Å². The van der Waals surface area contributed by atoms with Gasteiger partial charge in [-0.25, -0.2) is 9.07 Å². The molecule has 1 atom stereocenters. The van der Waals surface area contributed by atoms with E-state index in [1.807, 2.05) is 16.8 Å². The Morgan fingerprint density at radius 3 is 2.63 bits per heavy atom. The van der Waals surface area contributed by atoms with E-state index in [1.165, 1.54) is 17.0 Å². The number of halogens is 1. The van der Waals surface area contributed by atoms with Gasteiger partial charge in [-0.3, -0.25) is 0 Å². The minimum Gasteiger partial charge on any atom is -0.383 e. The topological polar surface area (TPSA) is 60.5 Å². The first-order valence-corrected chi connectivity index (χ1v) is 9.83. The van der Waals surface area contributed by atoms with E-state index in [0.29, 0.717) is 19.2 Å². The Labute approximate surface area is 160 Å². The van der Waals surface area contributed by atoms with Crippen LogP contribution in [0.4, 0.5) is 10.1 Å². The lowest BCUT2D eigenvalue weighted by molar-refractivity contribution is -0.933. The molecule has 3 rings (SSSR count). The van der Waals surface area contributed by atoms with Gasteiger partial charge in [0.05, 0.1) is 39.3 Å². The summed E-state index contributed by atoms with van der Waals surface area (Å²) >= 11 is 0. The number of nitrogens with one attached hydrogen (secondary N) is 1. The van der Waals surface area contributed by atoms with Crippen molar-refractivity contribution < 1.29 is 14.0 Å². The summed E-state index contributed by atoms with van der Waals surface area (Å²) in [4.78, 5) is 3.85. The van der Waals surface area contributed by atoms with Crippen molar-refractivity contribution in [1.29, 1.82) is 0 Å². The smallest absolute Gasteiger partial charge is 0.209 e. The predicted octanol–water partition coefficient (Wildman–Crippen LogP) is 1.10. The van der Waals surface area contributed by atoms with Crippen LogP contribution in [0.15, 0.2) is 24.3 Å². The van der Waals surface area contributed by atoms with Crippen LogP contribution >= 0.6 is 0 Å². The molecule has 1 saturated heterocycles. The van der Waals surface area contributed by atoms with Gasteiger partial charge in [0.2, 0.25) is 5.82 Å². The van der Waals surface area contributed by atoms with Gasteiger partial charge in [-0.1, -0.05) is 13.3 Å². The third kappa shape index (κ3) is 5.01. The zero-order valence-corrected chi connectivity index (χ0v) is 16.3. The number of quaternary nitrogens is 1. The molecule has 2 aromatic rings. The summed E-state index contributed by atoms with van der Waals surface area (Å²) in [6, 6.07) is 7.08. The SMILES string of the molecule is CCCC[C@@H](c1nnnn1CCOC)[NH+]1CCN(c2ccc(F)cc2)CC1. The molecule has 0 bridgehead atoms. The van der Waals surface area contributed by atoms with E-state index in [2.05, 4.69) is 27.3 Å². The number of hydrogen-bond donors (Lipinski definition) is 1. The highest BCUT2D eigenvalue weighted by Gasteiger charge is 2.32. The lowest BCUT2D eigenvalue weighted by atomic mass is 10.1. The van der Waals surface area contributed by atoms with Gasteiger partial charge in [0.1, 0.15) is 11.9 Å². The number of nitrogens with zero attached hydrogens (tertiary/aromatic N) is 5. The van der Waals surface area contributed by atoms with Crippen molar-refractivity contribution in [2.45, 2.75) is 38.8 Å². The van der Waals surface area contributed by atoms with Crippen molar-refractivity contribution in [3.8, 4) is 0 Å². The second-order valence-corrected chi connectivity index (χ2v) is 7.07. The van der Waals surface area contributed by atoms with Crippen LogP contribution in [0.25, 0.3) is 0 Å². The Kier molecular flexibility index (Phi) is 7.11. The van der Waals surface area contributed by atoms with Gasteiger partial charge in [-0.05, 0) is 41.1 Å². The number of ether oxygens (including phenoxy) is 1. The molecule has 148 valence electrons. The van der Waals surface area contributed by atoms with E-state index in [0.717, 1.165) is 57.0 Å². The van der Waals surface area contributed by atoms with Gasteiger partial charge in [0, 0.05) is 19.2 Å². The first kappa shape index (κ1) is 19.7. The third-order valence-electron chi connectivity index (χ3n) is 5.32. The quantitative estimate of drug-likeness (QED) is 0.709. The van der Waals surface area contributed by atoms with E-state index in [-0.39, 0.29) is 5.82 Å². The van der Waals surface area contributed by atoms with Crippen LogP contribution < -0.4 is 9.80 Å². The van der Waals surface area contributed by atoms with Crippen molar-refractivity contribution in [3.63, 3.8) is 0 Å². The number of methoxy groups -OCH3 is 1. The van der Waals surface area contributed by atoms with Crippen molar-refractivity contribution in [2.75, 3.05) is 44.8 Å². The van der Waals surface area contributed by atoms with Gasteiger partial charge in [0.25, 0.3) is 0 Å². The third-order valence-corrected chi connectivity index (χ3v) is 5.32. The molecule has 1 aromatic carbocycles. The molecule has 0 radical (unpaired) electrons. The molecule has 8 heteroatoms. The summed E-state index contributed by atoms with van der Waals surface area (Å²) in [5.41, 5.74) is 1.09. The molecule has 1 N–H and O–H groups in total. The number of tetrazole rings is 1. The number of aromatic nitrogens is 4. The van der Waals surface area contributed by atoms with E-state index >= 15 is 0 Å². The highest BCUT2D eigenvalue weighted by molar-refractivity contribution is 5.46. The molecular weight excluding hydrogens is 347 g/mol. The monoisotopic (exact) mass is 377 g/mol. The maximum Gasteiger partial charge on any atom is 0.209 e. The summed E-state index contributed by atoms with van der Waals surface area (Å²) in [5.74, 6) is 0.774. The Bertz CT molecular complexity index is 684. The summed E-state index contributed by atoms with van der Waals surface area (Å²) in [7, 11) is 1.69. The fourth-order valence-corrected chi connectivity index (χ4v) is 3.77. The van der Waals surface area contributed by atoms with Crippen LogP contribution in [0.1, 0.15) is 38.1 Å². The van der Waals surface area contributed by atoms with Crippen LogP contribution in [0.2, 0.25) is 0 Å². The first-order valence-electron chi connectivity index (χ1n) is 9.83. The van der Waals surface area contributed by atoms with E-state index in [4.69, 9.17) is 4.74 Å². The lowest BCUT2D eigenvalue weighted by Crippen LogP contribution is -3.15. The second kappa shape index (κ2) is 9.75. The molecule has 0 amide bonds. The molecule has 0 saturated carbocycles. The molecule has 1 aliphatic heterocycles. The molecule has 2 heterocycles. The number of hydrogen-bond acceptors (Lipinski definition) is 5. The highest BCUT2D eigenvalue weighted by atomic mass is 19.1. The summed E-state index contributed by atoms with van der Waals surface area (Å²) in [6.07, 6.45) is 3.40. The average Bonchev–Trinajstić information content (AvgIpc) is 3.16. The van der Waals surface area contributed by atoms with Crippen LogP contribution in [0.5, 0.6) is 0 Å². The molecule has 0 aliphatic carbocycles. The van der Waals surface area contributed by atoms with Crippen molar-refractivity contribution >= 4 is 5.69 Å². The lowest BCUT2D eigenvalue weighted by Gasteiger charge is -2.37. The molecule has 1 fully saturated rings. The first-order chi connectivity index (χ1) is 13.2. The molecular formula is C19H30FN6O+. The normalized spacial score (nSPS) is 16.6. The number of benzene rings is 1. The maximum atomic E-state index is 13.2.